The van der Waals surface area contributed by atoms with Crippen LogP contribution in [0.1, 0.15) is 6.42 Å². The maximum Gasteiger partial charge on any atom is 0.131 e. The summed E-state index contributed by atoms with van der Waals surface area (Å²) < 4.78 is 4.96. The Morgan fingerprint density at radius 2 is 2.12 bits per heavy atom. The number of nitrogens with one attached hydrogen (secondary N) is 2. The fourth-order valence-electron chi connectivity index (χ4n) is 1.16. The molecule has 0 aromatic carbocycles. The molecule has 1 aromatic rings. The lowest BCUT2D eigenvalue weighted by Gasteiger charge is -2.07. The predicted molar refractivity (Wildman–Crippen MR) is 65.7 cm³/mol. The van der Waals surface area contributed by atoms with Gasteiger partial charge in [0.2, 0.25) is 0 Å². The first kappa shape index (κ1) is 12.4. The van der Waals surface area contributed by atoms with Gasteiger partial charge in [0, 0.05) is 32.9 Å². The Labute approximate surface area is 95.9 Å². The van der Waals surface area contributed by atoms with Crippen LogP contribution in [0.5, 0.6) is 0 Å². The van der Waals surface area contributed by atoms with Gasteiger partial charge in [-0.1, -0.05) is 6.08 Å². The van der Waals surface area contributed by atoms with Crippen LogP contribution in [-0.4, -0.2) is 36.8 Å². The van der Waals surface area contributed by atoms with Crippen LogP contribution in [0.4, 0.5) is 11.6 Å². The number of rotatable bonds is 8. The molecular weight excluding hydrogens is 204 g/mol. The molecule has 0 fully saturated rings. The van der Waals surface area contributed by atoms with Gasteiger partial charge < -0.3 is 15.4 Å². The number of nitrogens with zero attached hydrogens (tertiary/aromatic N) is 2. The van der Waals surface area contributed by atoms with Crippen LogP contribution < -0.4 is 10.6 Å². The molecule has 0 unspecified atom stereocenters. The first-order valence-corrected chi connectivity index (χ1v) is 5.26. The lowest BCUT2D eigenvalue weighted by molar-refractivity contribution is 0.198. The van der Waals surface area contributed by atoms with Gasteiger partial charge in [0.25, 0.3) is 0 Å². The van der Waals surface area contributed by atoms with E-state index in [1.807, 2.05) is 6.07 Å². The lowest BCUT2D eigenvalue weighted by Crippen LogP contribution is -2.07. The molecule has 1 heterocycles. The van der Waals surface area contributed by atoms with Crippen LogP contribution >= 0.6 is 0 Å². The summed E-state index contributed by atoms with van der Waals surface area (Å²) in [6, 6.07) is 1.87. The maximum atomic E-state index is 4.96. The number of aromatic nitrogens is 2. The van der Waals surface area contributed by atoms with Crippen molar-refractivity contribution >= 4 is 11.6 Å². The van der Waals surface area contributed by atoms with Crippen molar-refractivity contribution in [1.82, 2.24) is 9.97 Å². The smallest absolute Gasteiger partial charge is 0.131 e. The second kappa shape index (κ2) is 7.64. The Morgan fingerprint density at radius 3 is 2.81 bits per heavy atom. The standard InChI is InChI=1S/C11H18N4O/c1-3-5-12-10-8-11(15-9-14-10)13-6-4-7-16-2/h3,8-9H,1,4-7H2,2H3,(H2,12,13,14,15). The van der Waals surface area contributed by atoms with Crippen LogP contribution in [0, 0.1) is 0 Å². The van der Waals surface area contributed by atoms with Crippen LogP contribution in [0.2, 0.25) is 0 Å². The summed E-state index contributed by atoms with van der Waals surface area (Å²) in [6.07, 6.45) is 4.27. The van der Waals surface area contributed by atoms with E-state index in [9.17, 15) is 0 Å². The van der Waals surface area contributed by atoms with Gasteiger partial charge in [0.05, 0.1) is 0 Å². The van der Waals surface area contributed by atoms with Gasteiger partial charge >= 0.3 is 0 Å². The summed E-state index contributed by atoms with van der Waals surface area (Å²) in [6.45, 7) is 5.92. The van der Waals surface area contributed by atoms with Crippen molar-refractivity contribution in [2.75, 3.05) is 37.4 Å². The van der Waals surface area contributed by atoms with Gasteiger partial charge in [0.1, 0.15) is 18.0 Å². The first-order chi connectivity index (χ1) is 7.86. The summed E-state index contributed by atoms with van der Waals surface area (Å²) in [5, 5.41) is 6.30. The van der Waals surface area contributed by atoms with Crippen LogP contribution in [0.25, 0.3) is 0 Å². The molecule has 0 aliphatic rings. The van der Waals surface area contributed by atoms with E-state index >= 15 is 0 Å². The summed E-state index contributed by atoms with van der Waals surface area (Å²) in [4.78, 5) is 8.20. The highest BCUT2D eigenvalue weighted by atomic mass is 16.5. The number of hydrogen-bond donors (Lipinski definition) is 2. The van der Waals surface area contributed by atoms with Gasteiger partial charge in [-0.25, -0.2) is 9.97 Å². The van der Waals surface area contributed by atoms with Gasteiger partial charge in [-0.2, -0.15) is 0 Å². The molecule has 88 valence electrons. The first-order valence-electron chi connectivity index (χ1n) is 5.26. The van der Waals surface area contributed by atoms with Crippen LogP contribution in [-0.2, 0) is 4.74 Å². The van der Waals surface area contributed by atoms with Gasteiger partial charge in [-0.05, 0) is 6.42 Å². The monoisotopic (exact) mass is 222 g/mol. The summed E-state index contributed by atoms with van der Waals surface area (Å²) in [7, 11) is 1.70. The second-order valence-corrected chi connectivity index (χ2v) is 3.23. The molecule has 1 rings (SSSR count). The summed E-state index contributed by atoms with van der Waals surface area (Å²) in [5.74, 6) is 1.61. The van der Waals surface area contributed by atoms with Crippen molar-refractivity contribution in [2.45, 2.75) is 6.42 Å². The Kier molecular flexibility index (Phi) is 5.95. The molecule has 5 nitrogen and oxygen atoms in total. The average Bonchev–Trinajstić information content (AvgIpc) is 2.33. The van der Waals surface area contributed by atoms with E-state index < -0.39 is 0 Å². The molecule has 0 atom stereocenters. The summed E-state index contributed by atoms with van der Waals surface area (Å²) >= 11 is 0. The highest BCUT2D eigenvalue weighted by Gasteiger charge is 1.96. The third-order valence-corrected chi connectivity index (χ3v) is 1.93. The zero-order valence-electron chi connectivity index (χ0n) is 9.57. The molecule has 16 heavy (non-hydrogen) atoms. The number of methoxy groups -OCH3 is 1. The second-order valence-electron chi connectivity index (χ2n) is 3.23. The lowest BCUT2D eigenvalue weighted by atomic mass is 10.4. The highest BCUT2D eigenvalue weighted by Crippen LogP contribution is 2.07. The number of hydrogen-bond acceptors (Lipinski definition) is 5. The fraction of sp³-hybridized carbons (Fsp3) is 0.455. The van der Waals surface area contributed by atoms with Gasteiger partial charge in [-0.3, -0.25) is 0 Å². The number of anilines is 2. The van der Waals surface area contributed by atoms with E-state index in [1.165, 1.54) is 6.33 Å². The topological polar surface area (TPSA) is 59.1 Å². The van der Waals surface area contributed by atoms with E-state index in [4.69, 9.17) is 4.74 Å². The van der Waals surface area contributed by atoms with Gasteiger partial charge in [-0.15, -0.1) is 6.58 Å². The predicted octanol–water partition coefficient (Wildman–Crippen LogP) is 1.52. The largest absolute Gasteiger partial charge is 0.385 e. The minimum atomic E-state index is 0.695. The normalized spacial score (nSPS) is 9.81. The number of ether oxygens (including phenoxy) is 1. The van der Waals surface area contributed by atoms with Crippen molar-refractivity contribution in [1.29, 1.82) is 0 Å². The van der Waals surface area contributed by atoms with E-state index in [1.54, 1.807) is 13.2 Å². The third kappa shape index (κ3) is 4.75. The molecule has 2 N–H and O–H groups in total. The Morgan fingerprint density at radius 1 is 1.38 bits per heavy atom. The molecule has 0 saturated carbocycles. The Bertz CT molecular complexity index is 317. The zero-order valence-corrected chi connectivity index (χ0v) is 9.57. The van der Waals surface area contributed by atoms with E-state index in [-0.39, 0.29) is 0 Å². The van der Waals surface area contributed by atoms with Crippen LogP contribution in [0.15, 0.2) is 25.0 Å². The molecule has 0 aliphatic heterocycles. The highest BCUT2D eigenvalue weighted by molar-refractivity contribution is 5.46. The molecule has 0 bridgehead atoms. The maximum absolute atomic E-state index is 4.96. The van der Waals surface area contributed by atoms with E-state index in [0.717, 1.165) is 31.2 Å². The molecule has 0 radical (unpaired) electrons. The van der Waals surface area contributed by atoms with E-state index in [0.29, 0.717) is 6.54 Å². The van der Waals surface area contributed by atoms with E-state index in [2.05, 4.69) is 27.2 Å². The van der Waals surface area contributed by atoms with Crippen LogP contribution in [0.3, 0.4) is 0 Å². The molecular formula is C11H18N4O. The van der Waals surface area contributed by atoms with Crippen molar-refractivity contribution in [3.63, 3.8) is 0 Å². The summed E-state index contributed by atoms with van der Waals surface area (Å²) in [5.41, 5.74) is 0. The SMILES string of the molecule is C=CCNc1cc(NCCCOC)ncn1. The molecule has 0 amide bonds. The minimum absolute atomic E-state index is 0.695. The minimum Gasteiger partial charge on any atom is -0.385 e. The van der Waals surface area contributed by atoms with Crippen molar-refractivity contribution < 1.29 is 4.74 Å². The molecule has 0 spiro atoms. The molecule has 5 heteroatoms. The van der Waals surface area contributed by atoms with Crippen molar-refractivity contribution in [2.24, 2.45) is 0 Å². The zero-order chi connectivity index (χ0) is 11.6. The fourth-order valence-corrected chi connectivity index (χ4v) is 1.16. The Balaban J connectivity index is 2.37. The van der Waals surface area contributed by atoms with Crippen molar-refractivity contribution in [3.8, 4) is 0 Å². The van der Waals surface area contributed by atoms with Gasteiger partial charge in [0.15, 0.2) is 0 Å². The quantitative estimate of drug-likeness (QED) is 0.516. The van der Waals surface area contributed by atoms with Crippen molar-refractivity contribution in [3.05, 3.63) is 25.0 Å². The molecule has 1 aromatic heterocycles. The average molecular weight is 222 g/mol. The molecule has 0 aliphatic carbocycles. The molecule has 0 saturated heterocycles. The Hall–Kier alpha value is -1.62. The third-order valence-electron chi connectivity index (χ3n) is 1.93.